The Balaban J connectivity index is 1.20. The van der Waals surface area contributed by atoms with Crippen LogP contribution in [0.5, 0.6) is 0 Å². The van der Waals surface area contributed by atoms with E-state index in [1.54, 1.807) is 0 Å². The molecule has 0 radical (unpaired) electrons. The second-order valence-electron chi connectivity index (χ2n) is 15.9. The molecule has 4 heteroatoms. The summed E-state index contributed by atoms with van der Waals surface area (Å²) in [6.07, 6.45) is 2.31. The summed E-state index contributed by atoms with van der Waals surface area (Å²) in [7, 11) is 0. The molecule has 53 heavy (non-hydrogen) atoms. The molecule has 0 atom stereocenters. The lowest BCUT2D eigenvalue weighted by molar-refractivity contribution is 0.332. The molecule has 0 N–H and O–H groups in total. The average molecular weight is 686 g/mol. The number of fused-ring (bicyclic) bond motifs is 6. The van der Waals surface area contributed by atoms with E-state index in [4.69, 9.17) is 19.4 Å². The summed E-state index contributed by atoms with van der Waals surface area (Å²) in [5.41, 5.74) is 10.0. The molecular formula is C49H39N3O. The first-order valence-electron chi connectivity index (χ1n) is 18.6. The van der Waals surface area contributed by atoms with Crippen LogP contribution in [0.25, 0.3) is 88.8 Å². The van der Waals surface area contributed by atoms with Gasteiger partial charge in [-0.2, -0.15) is 0 Å². The summed E-state index contributed by atoms with van der Waals surface area (Å²) in [4.78, 5) is 15.7. The quantitative estimate of drug-likeness (QED) is 0.185. The van der Waals surface area contributed by atoms with Crippen molar-refractivity contribution < 1.29 is 4.42 Å². The summed E-state index contributed by atoms with van der Waals surface area (Å²) in [6.45, 7) is 9.46. The minimum absolute atomic E-state index is 0.0626. The summed E-state index contributed by atoms with van der Waals surface area (Å²) in [5.74, 6) is 2.00. The van der Waals surface area contributed by atoms with Gasteiger partial charge >= 0.3 is 0 Å². The molecule has 0 spiro atoms. The zero-order chi connectivity index (χ0) is 35.9. The zero-order valence-corrected chi connectivity index (χ0v) is 30.4. The van der Waals surface area contributed by atoms with Crippen LogP contribution in [-0.2, 0) is 10.8 Å². The van der Waals surface area contributed by atoms with E-state index in [1.165, 1.54) is 22.9 Å². The molecule has 7 aromatic carbocycles. The standard InChI is InChI=1S/C49H39N3O/c1-48(2)26-27-49(3,4)41-29-33(22-25-40(41)48)46-50-45(32-21-20-30-12-5-6-13-31(30)28-32)51-47(52-46)38-24-23-36(34-14-7-8-15-35(34)38)37-17-11-19-43-44(37)39-16-9-10-18-42(39)53-43/h5-25,28-29H,26-27H2,1-4H3. The Kier molecular flexibility index (Phi) is 6.97. The first kappa shape index (κ1) is 31.6. The lowest BCUT2D eigenvalue weighted by Gasteiger charge is -2.42. The second kappa shape index (κ2) is 11.7. The maximum atomic E-state index is 6.29. The van der Waals surface area contributed by atoms with Crippen molar-refractivity contribution in [2.75, 3.05) is 0 Å². The fourth-order valence-electron chi connectivity index (χ4n) is 8.54. The lowest BCUT2D eigenvalue weighted by atomic mass is 9.63. The molecule has 2 aromatic heterocycles. The summed E-state index contributed by atoms with van der Waals surface area (Å²) in [6, 6.07) is 49.4. The Hall–Kier alpha value is -6.13. The number of rotatable bonds is 4. The molecule has 9 aromatic rings. The molecule has 1 aliphatic carbocycles. The Morgan fingerprint density at radius 1 is 0.434 bits per heavy atom. The van der Waals surface area contributed by atoms with Gasteiger partial charge in [0.25, 0.3) is 0 Å². The monoisotopic (exact) mass is 685 g/mol. The molecule has 0 fully saturated rings. The van der Waals surface area contributed by atoms with E-state index in [-0.39, 0.29) is 10.8 Å². The van der Waals surface area contributed by atoms with Crippen LogP contribution in [0.4, 0.5) is 0 Å². The van der Waals surface area contributed by atoms with Crippen molar-refractivity contribution in [1.29, 1.82) is 0 Å². The van der Waals surface area contributed by atoms with Gasteiger partial charge in [0.2, 0.25) is 0 Å². The van der Waals surface area contributed by atoms with Crippen molar-refractivity contribution in [3.63, 3.8) is 0 Å². The van der Waals surface area contributed by atoms with Gasteiger partial charge in [0.15, 0.2) is 17.5 Å². The van der Waals surface area contributed by atoms with Crippen LogP contribution in [0.2, 0.25) is 0 Å². The average Bonchev–Trinajstić information content (AvgIpc) is 3.58. The van der Waals surface area contributed by atoms with Gasteiger partial charge in [-0.15, -0.1) is 0 Å². The van der Waals surface area contributed by atoms with Crippen LogP contribution in [0.3, 0.4) is 0 Å². The Bertz CT molecular complexity index is 2910. The minimum Gasteiger partial charge on any atom is -0.456 e. The molecule has 10 rings (SSSR count). The molecule has 0 saturated carbocycles. The predicted octanol–water partition coefficient (Wildman–Crippen LogP) is 13.1. The van der Waals surface area contributed by atoms with E-state index in [0.29, 0.717) is 17.5 Å². The maximum absolute atomic E-state index is 6.29. The number of aromatic nitrogens is 3. The van der Waals surface area contributed by atoms with E-state index >= 15 is 0 Å². The van der Waals surface area contributed by atoms with Gasteiger partial charge in [-0.3, -0.25) is 0 Å². The van der Waals surface area contributed by atoms with Crippen LogP contribution < -0.4 is 0 Å². The molecule has 1 aliphatic rings. The number of hydrogen-bond acceptors (Lipinski definition) is 4. The third-order valence-corrected chi connectivity index (χ3v) is 11.6. The van der Waals surface area contributed by atoms with Gasteiger partial charge in [0, 0.05) is 27.5 Å². The molecule has 0 aliphatic heterocycles. The smallest absolute Gasteiger partial charge is 0.164 e. The largest absolute Gasteiger partial charge is 0.456 e. The third kappa shape index (κ3) is 5.15. The summed E-state index contributed by atoms with van der Waals surface area (Å²) in [5, 5.41) is 6.80. The molecule has 2 heterocycles. The van der Waals surface area contributed by atoms with Gasteiger partial charge in [-0.25, -0.2) is 15.0 Å². The SMILES string of the molecule is CC1(C)CCC(C)(C)c2cc(-c3nc(-c4ccc5ccccc5c4)nc(-c4ccc(-c5cccc6oc7ccccc7c56)c5ccccc45)n3)ccc21. The van der Waals surface area contributed by atoms with E-state index < -0.39 is 0 Å². The number of hydrogen-bond donors (Lipinski definition) is 0. The number of furan rings is 1. The van der Waals surface area contributed by atoms with E-state index in [1.807, 2.05) is 12.1 Å². The predicted molar refractivity (Wildman–Crippen MR) is 219 cm³/mol. The molecule has 0 unspecified atom stereocenters. The Morgan fingerprint density at radius 2 is 1.02 bits per heavy atom. The normalized spacial score (nSPS) is 14.9. The number of benzene rings is 7. The highest BCUT2D eigenvalue weighted by atomic mass is 16.3. The van der Waals surface area contributed by atoms with Crippen molar-refractivity contribution in [2.24, 2.45) is 0 Å². The van der Waals surface area contributed by atoms with Crippen LogP contribution in [0.1, 0.15) is 51.7 Å². The van der Waals surface area contributed by atoms with Crippen molar-refractivity contribution in [2.45, 2.75) is 51.4 Å². The van der Waals surface area contributed by atoms with E-state index in [2.05, 4.69) is 155 Å². The van der Waals surface area contributed by atoms with Gasteiger partial charge in [-0.1, -0.05) is 137 Å². The maximum Gasteiger partial charge on any atom is 0.164 e. The summed E-state index contributed by atoms with van der Waals surface area (Å²) >= 11 is 0. The molecule has 0 saturated heterocycles. The first-order valence-corrected chi connectivity index (χ1v) is 18.6. The molecule has 4 nitrogen and oxygen atoms in total. The van der Waals surface area contributed by atoms with Gasteiger partial charge in [-0.05, 0) is 97.8 Å². The fraction of sp³-hybridized carbons (Fsp3) is 0.163. The minimum atomic E-state index is 0.0626. The highest BCUT2D eigenvalue weighted by Gasteiger charge is 2.37. The number of para-hydroxylation sites is 1. The zero-order valence-electron chi connectivity index (χ0n) is 30.4. The Morgan fingerprint density at radius 3 is 1.81 bits per heavy atom. The van der Waals surface area contributed by atoms with E-state index in [9.17, 15) is 0 Å². The van der Waals surface area contributed by atoms with Crippen LogP contribution in [-0.4, -0.2) is 15.0 Å². The van der Waals surface area contributed by atoms with Crippen molar-refractivity contribution in [1.82, 2.24) is 15.0 Å². The topological polar surface area (TPSA) is 51.8 Å². The highest BCUT2D eigenvalue weighted by Crippen LogP contribution is 2.47. The molecule has 0 amide bonds. The number of nitrogens with zero attached hydrogens (tertiary/aromatic N) is 3. The van der Waals surface area contributed by atoms with E-state index in [0.717, 1.165) is 72.3 Å². The van der Waals surface area contributed by atoms with Gasteiger partial charge < -0.3 is 4.42 Å². The van der Waals surface area contributed by atoms with Gasteiger partial charge in [0.1, 0.15) is 11.2 Å². The van der Waals surface area contributed by atoms with Crippen molar-refractivity contribution >= 4 is 43.5 Å². The van der Waals surface area contributed by atoms with Crippen LogP contribution in [0.15, 0.2) is 144 Å². The van der Waals surface area contributed by atoms with Crippen molar-refractivity contribution in [3.05, 3.63) is 151 Å². The molecular weight excluding hydrogens is 647 g/mol. The molecule has 256 valence electrons. The fourth-order valence-corrected chi connectivity index (χ4v) is 8.54. The highest BCUT2D eigenvalue weighted by molar-refractivity contribution is 6.16. The lowest BCUT2D eigenvalue weighted by Crippen LogP contribution is -2.33. The summed E-state index contributed by atoms with van der Waals surface area (Å²) < 4.78 is 6.29. The van der Waals surface area contributed by atoms with Crippen LogP contribution in [0, 0.1) is 0 Å². The second-order valence-corrected chi connectivity index (χ2v) is 15.9. The first-order chi connectivity index (χ1) is 25.7. The van der Waals surface area contributed by atoms with Crippen molar-refractivity contribution in [3.8, 4) is 45.3 Å². The third-order valence-electron chi connectivity index (χ3n) is 11.6. The van der Waals surface area contributed by atoms with Crippen LogP contribution >= 0.6 is 0 Å². The van der Waals surface area contributed by atoms with Gasteiger partial charge in [0.05, 0.1) is 0 Å². The molecule has 0 bridgehead atoms. The Labute approximate surface area is 309 Å².